The highest BCUT2D eigenvalue weighted by Crippen LogP contribution is 2.24. The van der Waals surface area contributed by atoms with Crippen LogP contribution in [0.5, 0.6) is 0 Å². The minimum Gasteiger partial charge on any atom is -0.396 e. The molecule has 1 nitrogen and oxygen atoms in total. The average molecular weight is 299 g/mol. The normalized spacial score (nSPS) is 12.6. The van der Waals surface area contributed by atoms with Crippen LogP contribution in [0, 0.1) is 0 Å². The van der Waals surface area contributed by atoms with Crippen LogP contribution in [0.1, 0.15) is 56.9 Å². The molecule has 0 heterocycles. The third-order valence-electron chi connectivity index (χ3n) is 3.20. The summed E-state index contributed by atoms with van der Waals surface area (Å²) in [5.41, 5.74) is 1.25. The van der Waals surface area contributed by atoms with Gasteiger partial charge in [-0.05, 0) is 24.1 Å². The quantitative estimate of drug-likeness (QED) is 0.678. The van der Waals surface area contributed by atoms with Crippen molar-refractivity contribution in [3.63, 3.8) is 0 Å². The van der Waals surface area contributed by atoms with Gasteiger partial charge in [-0.15, -0.1) is 0 Å². The van der Waals surface area contributed by atoms with Crippen molar-refractivity contribution in [2.24, 2.45) is 0 Å². The Labute approximate surface area is 113 Å². The molecule has 1 unspecified atom stereocenters. The monoisotopic (exact) mass is 298 g/mol. The van der Waals surface area contributed by atoms with Gasteiger partial charge in [-0.3, -0.25) is 0 Å². The fraction of sp³-hybridized carbons (Fsp3) is 0.600. The predicted octanol–water partition coefficient (Wildman–Crippen LogP) is 4.89. The van der Waals surface area contributed by atoms with E-state index in [9.17, 15) is 5.11 Å². The first kappa shape index (κ1) is 14.7. The van der Waals surface area contributed by atoms with E-state index < -0.39 is 0 Å². The van der Waals surface area contributed by atoms with Gasteiger partial charge in [-0.1, -0.05) is 67.1 Å². The predicted molar refractivity (Wildman–Crippen MR) is 77.3 cm³/mol. The van der Waals surface area contributed by atoms with Crippen LogP contribution in [0.4, 0.5) is 0 Å². The number of halogens is 1. The van der Waals surface area contributed by atoms with Crippen LogP contribution < -0.4 is 0 Å². The fourth-order valence-corrected chi connectivity index (χ4v) is 2.54. The number of aliphatic hydroxyl groups is 1. The summed E-state index contributed by atoms with van der Waals surface area (Å²) in [6.07, 6.45) is 7.55. The molecule has 0 spiro atoms. The van der Waals surface area contributed by atoms with Gasteiger partial charge in [-0.2, -0.15) is 0 Å². The van der Waals surface area contributed by atoms with E-state index in [1.165, 1.54) is 37.7 Å². The Morgan fingerprint density at radius 2 is 1.94 bits per heavy atom. The molecular weight excluding hydrogens is 276 g/mol. The number of aliphatic hydroxyl groups excluding tert-OH is 1. The second-order valence-corrected chi connectivity index (χ2v) is 5.55. The lowest BCUT2D eigenvalue weighted by atomic mass is 9.94. The highest BCUT2D eigenvalue weighted by Gasteiger charge is 2.10. The molecule has 0 amide bonds. The van der Waals surface area contributed by atoms with E-state index in [1.807, 2.05) is 12.1 Å². The zero-order valence-corrected chi connectivity index (χ0v) is 12.2. The number of hydrogen-bond acceptors (Lipinski definition) is 1. The van der Waals surface area contributed by atoms with Gasteiger partial charge < -0.3 is 5.11 Å². The molecule has 1 aromatic carbocycles. The first-order chi connectivity index (χ1) is 8.27. The van der Waals surface area contributed by atoms with Gasteiger partial charge in [0.05, 0.1) is 0 Å². The minimum atomic E-state index is 0.254. The third kappa shape index (κ3) is 5.69. The van der Waals surface area contributed by atoms with Crippen LogP contribution in [-0.2, 0) is 0 Å². The molecule has 0 aliphatic carbocycles. The van der Waals surface area contributed by atoms with Gasteiger partial charge in [0.15, 0.2) is 0 Å². The summed E-state index contributed by atoms with van der Waals surface area (Å²) in [6, 6.07) is 8.29. The van der Waals surface area contributed by atoms with Gasteiger partial charge in [0, 0.05) is 17.0 Å². The van der Waals surface area contributed by atoms with Crippen molar-refractivity contribution in [2.75, 3.05) is 6.61 Å². The van der Waals surface area contributed by atoms with Gasteiger partial charge >= 0.3 is 0 Å². The summed E-state index contributed by atoms with van der Waals surface area (Å²) in [7, 11) is 0. The first-order valence-electron chi connectivity index (χ1n) is 6.64. The molecule has 1 aromatic rings. The Bertz CT molecular complexity index is 312. The van der Waals surface area contributed by atoms with Crippen molar-refractivity contribution in [1.82, 2.24) is 0 Å². The summed E-state index contributed by atoms with van der Waals surface area (Å²) in [5.74, 6) is 0.300. The smallest absolute Gasteiger partial charge is 0.0499 e. The molecule has 17 heavy (non-hydrogen) atoms. The zero-order chi connectivity index (χ0) is 12.5. The van der Waals surface area contributed by atoms with Gasteiger partial charge in [0.25, 0.3) is 0 Å². The second kappa shape index (κ2) is 8.71. The van der Waals surface area contributed by atoms with Gasteiger partial charge in [-0.25, -0.2) is 0 Å². The van der Waals surface area contributed by atoms with Crippen molar-refractivity contribution >= 4 is 15.9 Å². The average Bonchev–Trinajstić information content (AvgIpc) is 2.34. The van der Waals surface area contributed by atoms with Crippen LogP contribution in [0.3, 0.4) is 0 Å². The van der Waals surface area contributed by atoms with E-state index in [-0.39, 0.29) is 6.61 Å². The van der Waals surface area contributed by atoms with Crippen molar-refractivity contribution in [3.8, 4) is 0 Å². The van der Waals surface area contributed by atoms with Gasteiger partial charge in [0.2, 0.25) is 0 Å². The summed E-state index contributed by atoms with van der Waals surface area (Å²) >= 11 is 3.48. The number of rotatable bonds is 8. The molecule has 0 bridgehead atoms. The van der Waals surface area contributed by atoms with Gasteiger partial charge in [0.1, 0.15) is 0 Å². The Kier molecular flexibility index (Phi) is 7.54. The van der Waals surface area contributed by atoms with Crippen molar-refractivity contribution in [3.05, 3.63) is 34.3 Å². The van der Waals surface area contributed by atoms with Crippen LogP contribution in [0.2, 0.25) is 0 Å². The van der Waals surface area contributed by atoms with E-state index in [0.29, 0.717) is 5.92 Å². The number of hydrogen-bond donors (Lipinski definition) is 1. The summed E-state index contributed by atoms with van der Waals surface area (Å²) in [5, 5.41) is 9.46. The lowest BCUT2D eigenvalue weighted by molar-refractivity contribution is 0.256. The van der Waals surface area contributed by atoms with E-state index in [2.05, 4.69) is 35.0 Å². The molecule has 0 aliphatic heterocycles. The Balaban J connectivity index is 2.38. The fourth-order valence-electron chi connectivity index (χ4n) is 2.12. The molecule has 0 aliphatic rings. The van der Waals surface area contributed by atoms with Crippen molar-refractivity contribution in [1.29, 1.82) is 0 Å². The topological polar surface area (TPSA) is 20.2 Å². The molecule has 96 valence electrons. The number of unbranched alkanes of at least 4 members (excludes halogenated alkanes) is 4. The van der Waals surface area contributed by atoms with Crippen molar-refractivity contribution in [2.45, 2.75) is 51.4 Å². The first-order valence-corrected chi connectivity index (χ1v) is 7.43. The maximum Gasteiger partial charge on any atom is 0.0499 e. The summed E-state index contributed by atoms with van der Waals surface area (Å²) in [6.45, 7) is 2.49. The van der Waals surface area contributed by atoms with E-state index in [1.54, 1.807) is 0 Å². The Morgan fingerprint density at radius 1 is 1.18 bits per heavy atom. The molecular formula is C15H23BrO. The highest BCUT2D eigenvalue weighted by atomic mass is 79.9. The lowest BCUT2D eigenvalue weighted by Gasteiger charge is -2.14. The maximum absolute atomic E-state index is 9.46. The summed E-state index contributed by atoms with van der Waals surface area (Å²) in [4.78, 5) is 0. The standard InChI is InChI=1S/C15H23BrO/c1-2-3-4-5-6-8-14(12-17)13-9-7-10-15(16)11-13/h7,9-11,14,17H,2-6,8,12H2,1H3. The van der Waals surface area contributed by atoms with Crippen molar-refractivity contribution < 1.29 is 5.11 Å². The third-order valence-corrected chi connectivity index (χ3v) is 3.69. The molecule has 1 atom stereocenters. The van der Waals surface area contributed by atoms with E-state index >= 15 is 0 Å². The molecule has 0 fully saturated rings. The number of benzene rings is 1. The molecule has 0 aromatic heterocycles. The highest BCUT2D eigenvalue weighted by molar-refractivity contribution is 9.10. The van der Waals surface area contributed by atoms with Crippen LogP contribution in [0.25, 0.3) is 0 Å². The zero-order valence-electron chi connectivity index (χ0n) is 10.7. The van der Waals surface area contributed by atoms with Crippen LogP contribution in [-0.4, -0.2) is 11.7 Å². The molecule has 0 saturated carbocycles. The maximum atomic E-state index is 9.46. The largest absolute Gasteiger partial charge is 0.396 e. The molecule has 1 rings (SSSR count). The minimum absolute atomic E-state index is 0.254. The van der Waals surface area contributed by atoms with E-state index in [0.717, 1.165) is 10.9 Å². The molecule has 0 radical (unpaired) electrons. The van der Waals surface area contributed by atoms with Crippen LogP contribution >= 0.6 is 15.9 Å². The molecule has 0 saturated heterocycles. The Morgan fingerprint density at radius 3 is 2.59 bits per heavy atom. The molecule has 1 N–H and O–H groups in total. The van der Waals surface area contributed by atoms with Crippen LogP contribution in [0.15, 0.2) is 28.7 Å². The molecule has 2 heteroatoms. The van der Waals surface area contributed by atoms with E-state index in [4.69, 9.17) is 0 Å². The second-order valence-electron chi connectivity index (χ2n) is 4.64. The SMILES string of the molecule is CCCCCCCC(CO)c1cccc(Br)c1. The summed E-state index contributed by atoms with van der Waals surface area (Å²) < 4.78 is 1.10. The Hall–Kier alpha value is -0.340. The lowest BCUT2D eigenvalue weighted by Crippen LogP contribution is -2.04.